The lowest BCUT2D eigenvalue weighted by molar-refractivity contribution is -0.142. The van der Waals surface area contributed by atoms with Crippen molar-refractivity contribution in [2.45, 2.75) is 6.04 Å². The Balaban J connectivity index is 2.70. The normalized spacial score (nSPS) is 12.5. The maximum atomic E-state index is 10.8. The molecule has 1 unspecified atom stereocenters. The van der Waals surface area contributed by atoms with Crippen LogP contribution in [0.2, 0.25) is 0 Å². The van der Waals surface area contributed by atoms with Crippen LogP contribution in [-0.4, -0.2) is 22.7 Å². The van der Waals surface area contributed by atoms with Crippen LogP contribution in [0.4, 0.5) is 0 Å². The Labute approximate surface area is 67.3 Å². The number of rotatable bonds is 2. The highest BCUT2D eigenvalue weighted by Crippen LogP contribution is 2.08. The van der Waals surface area contributed by atoms with Crippen LogP contribution in [0.5, 0.6) is 0 Å². The minimum absolute atomic E-state index is 0.446. The summed E-state index contributed by atoms with van der Waals surface area (Å²) in [5.41, 5.74) is 5.87. The topological polar surface area (TPSA) is 78.1 Å². The standard InChI is InChI=1S/C5H7N3O2S/c1-10-5(9)4(6)3-2-11-8-7-3/h2,4H,6H2,1H3. The average Bonchev–Trinajstić information content (AvgIpc) is 2.53. The Hall–Kier alpha value is -1.01. The molecular weight excluding hydrogens is 166 g/mol. The van der Waals surface area contributed by atoms with Gasteiger partial charge < -0.3 is 10.5 Å². The first kappa shape index (κ1) is 8.09. The summed E-state index contributed by atoms with van der Waals surface area (Å²) in [4.78, 5) is 10.8. The monoisotopic (exact) mass is 173 g/mol. The first-order valence-electron chi connectivity index (χ1n) is 2.86. The molecule has 0 aliphatic heterocycles. The lowest BCUT2D eigenvalue weighted by Crippen LogP contribution is -2.22. The maximum Gasteiger partial charge on any atom is 0.329 e. The van der Waals surface area contributed by atoms with Crippen LogP contribution in [-0.2, 0) is 9.53 Å². The summed E-state index contributed by atoms with van der Waals surface area (Å²) in [6.07, 6.45) is 0. The van der Waals surface area contributed by atoms with Crippen LogP contribution < -0.4 is 5.73 Å². The number of hydrogen-bond acceptors (Lipinski definition) is 6. The van der Waals surface area contributed by atoms with E-state index in [2.05, 4.69) is 14.3 Å². The molecule has 0 radical (unpaired) electrons. The lowest BCUT2D eigenvalue weighted by Gasteiger charge is -2.03. The first-order chi connectivity index (χ1) is 5.25. The van der Waals surface area contributed by atoms with Crippen LogP contribution in [0.25, 0.3) is 0 Å². The van der Waals surface area contributed by atoms with Gasteiger partial charge in [0.05, 0.1) is 7.11 Å². The van der Waals surface area contributed by atoms with Crippen molar-refractivity contribution in [2.24, 2.45) is 5.73 Å². The Kier molecular flexibility index (Phi) is 2.50. The number of hydrogen-bond donors (Lipinski definition) is 1. The summed E-state index contributed by atoms with van der Waals surface area (Å²) in [7, 11) is 1.28. The molecule has 60 valence electrons. The van der Waals surface area contributed by atoms with Crippen molar-refractivity contribution in [1.82, 2.24) is 9.59 Å². The zero-order valence-electron chi connectivity index (χ0n) is 5.85. The third kappa shape index (κ3) is 1.72. The van der Waals surface area contributed by atoms with Gasteiger partial charge in [0, 0.05) is 5.38 Å². The van der Waals surface area contributed by atoms with Crippen molar-refractivity contribution in [2.75, 3.05) is 7.11 Å². The highest BCUT2D eigenvalue weighted by atomic mass is 32.1. The molecule has 0 fully saturated rings. The number of esters is 1. The molecular formula is C5H7N3O2S. The number of nitrogens with two attached hydrogens (primary N) is 1. The lowest BCUT2D eigenvalue weighted by atomic mass is 10.2. The van der Waals surface area contributed by atoms with E-state index in [9.17, 15) is 4.79 Å². The first-order valence-corrected chi connectivity index (χ1v) is 3.69. The molecule has 1 aromatic heterocycles. The molecule has 0 aliphatic carbocycles. The molecule has 0 saturated carbocycles. The van der Waals surface area contributed by atoms with Crippen LogP contribution >= 0.6 is 11.5 Å². The third-order valence-corrected chi connectivity index (χ3v) is 1.67. The SMILES string of the molecule is COC(=O)C(N)c1csnn1. The van der Waals surface area contributed by atoms with Gasteiger partial charge in [-0.3, -0.25) is 0 Å². The summed E-state index contributed by atoms with van der Waals surface area (Å²) in [6, 6.07) is -0.807. The molecule has 0 aliphatic rings. The highest BCUT2D eigenvalue weighted by Gasteiger charge is 2.18. The average molecular weight is 173 g/mol. The fourth-order valence-electron chi connectivity index (χ4n) is 0.555. The van der Waals surface area contributed by atoms with E-state index in [0.717, 1.165) is 11.5 Å². The van der Waals surface area contributed by atoms with Gasteiger partial charge in [-0.15, -0.1) is 5.10 Å². The van der Waals surface area contributed by atoms with Crippen LogP contribution in [0.1, 0.15) is 11.7 Å². The van der Waals surface area contributed by atoms with E-state index < -0.39 is 12.0 Å². The molecule has 0 saturated heterocycles. The van der Waals surface area contributed by atoms with Crippen molar-refractivity contribution < 1.29 is 9.53 Å². The molecule has 0 aromatic carbocycles. The zero-order chi connectivity index (χ0) is 8.27. The number of carbonyl (C=O) groups excluding carboxylic acids is 1. The molecule has 1 atom stereocenters. The van der Waals surface area contributed by atoms with E-state index in [-0.39, 0.29) is 0 Å². The second kappa shape index (κ2) is 3.40. The predicted molar refractivity (Wildman–Crippen MR) is 38.9 cm³/mol. The van der Waals surface area contributed by atoms with Gasteiger partial charge in [-0.25, -0.2) is 4.79 Å². The quantitative estimate of drug-likeness (QED) is 0.622. The molecule has 6 heteroatoms. The fourth-order valence-corrected chi connectivity index (χ4v) is 1.05. The van der Waals surface area contributed by atoms with Crippen molar-refractivity contribution in [3.8, 4) is 0 Å². The molecule has 0 bridgehead atoms. The van der Waals surface area contributed by atoms with Crippen LogP contribution in [0.15, 0.2) is 5.38 Å². The van der Waals surface area contributed by atoms with Gasteiger partial charge in [0.2, 0.25) is 0 Å². The van der Waals surface area contributed by atoms with E-state index in [1.165, 1.54) is 7.11 Å². The second-order valence-electron chi connectivity index (χ2n) is 1.83. The van der Waals surface area contributed by atoms with Gasteiger partial charge >= 0.3 is 5.97 Å². The van der Waals surface area contributed by atoms with E-state index in [4.69, 9.17) is 5.73 Å². The van der Waals surface area contributed by atoms with Crippen molar-refractivity contribution in [3.05, 3.63) is 11.1 Å². The predicted octanol–water partition coefficient (Wildman–Crippen LogP) is -0.289. The second-order valence-corrected chi connectivity index (χ2v) is 2.44. The zero-order valence-corrected chi connectivity index (χ0v) is 6.67. The molecule has 1 aromatic rings. The van der Waals surface area contributed by atoms with E-state index in [1.54, 1.807) is 5.38 Å². The molecule has 0 amide bonds. The van der Waals surface area contributed by atoms with E-state index >= 15 is 0 Å². The van der Waals surface area contributed by atoms with Gasteiger partial charge in [0.25, 0.3) is 0 Å². The molecule has 1 rings (SSSR count). The summed E-state index contributed by atoms with van der Waals surface area (Å²) >= 11 is 1.15. The molecule has 11 heavy (non-hydrogen) atoms. The van der Waals surface area contributed by atoms with Crippen molar-refractivity contribution in [3.63, 3.8) is 0 Å². The summed E-state index contributed by atoms with van der Waals surface area (Å²) in [5, 5.41) is 5.24. The minimum Gasteiger partial charge on any atom is -0.468 e. The third-order valence-electron chi connectivity index (χ3n) is 1.15. The smallest absolute Gasteiger partial charge is 0.329 e. The van der Waals surface area contributed by atoms with Crippen LogP contribution in [0, 0.1) is 0 Å². The highest BCUT2D eigenvalue weighted by molar-refractivity contribution is 7.03. The van der Waals surface area contributed by atoms with Gasteiger partial charge in [-0.1, -0.05) is 4.49 Å². The van der Waals surface area contributed by atoms with Gasteiger partial charge in [-0.05, 0) is 11.5 Å². The number of carbonyl (C=O) groups is 1. The Bertz CT molecular complexity index is 236. The van der Waals surface area contributed by atoms with Gasteiger partial charge in [-0.2, -0.15) is 0 Å². The molecule has 1 heterocycles. The Morgan fingerprint density at radius 3 is 3.09 bits per heavy atom. The number of nitrogens with zero attached hydrogens (tertiary/aromatic N) is 2. The van der Waals surface area contributed by atoms with Crippen molar-refractivity contribution >= 4 is 17.5 Å². The molecule has 5 nitrogen and oxygen atoms in total. The summed E-state index contributed by atoms with van der Waals surface area (Å²) in [6.45, 7) is 0. The Morgan fingerprint density at radius 2 is 2.64 bits per heavy atom. The number of methoxy groups -OCH3 is 1. The minimum atomic E-state index is -0.807. The number of aromatic nitrogens is 2. The van der Waals surface area contributed by atoms with Gasteiger partial charge in [0.15, 0.2) is 0 Å². The van der Waals surface area contributed by atoms with E-state index in [0.29, 0.717) is 5.69 Å². The fraction of sp³-hybridized carbons (Fsp3) is 0.400. The summed E-state index contributed by atoms with van der Waals surface area (Å²) in [5.74, 6) is -0.502. The summed E-state index contributed by atoms with van der Waals surface area (Å²) < 4.78 is 7.97. The van der Waals surface area contributed by atoms with Gasteiger partial charge in [0.1, 0.15) is 11.7 Å². The molecule has 0 spiro atoms. The van der Waals surface area contributed by atoms with Crippen LogP contribution in [0.3, 0.4) is 0 Å². The largest absolute Gasteiger partial charge is 0.468 e. The van der Waals surface area contributed by atoms with Crippen molar-refractivity contribution in [1.29, 1.82) is 0 Å². The molecule has 2 N–H and O–H groups in total. The maximum absolute atomic E-state index is 10.8. The Morgan fingerprint density at radius 1 is 1.91 bits per heavy atom. The number of ether oxygens (including phenoxy) is 1. The van der Waals surface area contributed by atoms with E-state index in [1.807, 2.05) is 0 Å².